The monoisotopic (exact) mass is 222 g/mol. The van der Waals surface area contributed by atoms with Crippen LogP contribution in [-0.4, -0.2) is 5.11 Å². The molecule has 0 bridgehead atoms. The molecule has 0 atom stereocenters. The van der Waals surface area contributed by atoms with Gasteiger partial charge in [0.05, 0.1) is 10.0 Å². The van der Waals surface area contributed by atoms with Gasteiger partial charge in [0.25, 0.3) is 0 Å². The molecule has 76 valence electrons. The van der Waals surface area contributed by atoms with Gasteiger partial charge in [-0.2, -0.15) is 0 Å². The Morgan fingerprint density at radius 3 is 1.69 bits per heavy atom. The fourth-order valence-corrected chi connectivity index (χ4v) is 0.777. The lowest BCUT2D eigenvalue weighted by Crippen LogP contribution is -1.66. The van der Waals surface area contributed by atoms with Crippen LogP contribution in [0.3, 0.4) is 0 Å². The van der Waals surface area contributed by atoms with Gasteiger partial charge in [0.1, 0.15) is 5.75 Å². The minimum Gasteiger partial charge on any atom is -0.508 e. The molecule has 0 aliphatic carbocycles. The molecule has 1 rings (SSSR count). The molecule has 0 saturated heterocycles. The van der Waals surface area contributed by atoms with E-state index in [2.05, 4.69) is 0 Å². The molecule has 0 heterocycles. The van der Waals surface area contributed by atoms with E-state index in [9.17, 15) is 0 Å². The van der Waals surface area contributed by atoms with Crippen molar-refractivity contribution in [3.63, 3.8) is 0 Å². The molecule has 0 aliphatic heterocycles. The number of phenols is 1. The number of hydrogen-bond donors (Lipinski definition) is 1. The summed E-state index contributed by atoms with van der Waals surface area (Å²) in [6.45, 7) is 8.00. The van der Waals surface area contributed by atoms with Crippen LogP contribution in [0.4, 0.5) is 0 Å². The molecule has 1 aromatic carbocycles. The van der Waals surface area contributed by atoms with E-state index in [-0.39, 0.29) is 5.75 Å². The Morgan fingerprint density at radius 2 is 1.38 bits per heavy atom. The average molecular weight is 223 g/mol. The van der Waals surface area contributed by atoms with Gasteiger partial charge in [0.15, 0.2) is 0 Å². The first-order valence-electron chi connectivity index (χ1n) is 4.34. The van der Waals surface area contributed by atoms with Gasteiger partial charge in [0.2, 0.25) is 0 Å². The van der Waals surface area contributed by atoms with Crippen LogP contribution in [-0.2, 0) is 0 Å². The predicted octanol–water partition coefficient (Wildman–Crippen LogP) is 4.75. The number of hydrogen-bond acceptors (Lipinski definition) is 1. The van der Waals surface area contributed by atoms with Gasteiger partial charge >= 0.3 is 0 Å². The van der Waals surface area contributed by atoms with E-state index in [4.69, 9.17) is 28.3 Å². The maximum absolute atomic E-state index is 8.79. The van der Waals surface area contributed by atoms with Crippen molar-refractivity contribution >= 4 is 23.2 Å². The second kappa shape index (κ2) is 9.69. The standard InChI is InChI=1S/C6H4Cl2O.2C2H6/c7-5-2-1-4(9)3-6(5)8;2*1-2/h1-3,9H;2*1-2H3. The zero-order chi connectivity index (χ0) is 10.9. The quantitative estimate of drug-likeness (QED) is 0.672. The summed E-state index contributed by atoms with van der Waals surface area (Å²) in [5.41, 5.74) is 0. The van der Waals surface area contributed by atoms with Crippen molar-refractivity contribution in [3.8, 4) is 5.75 Å². The van der Waals surface area contributed by atoms with Crippen molar-refractivity contribution in [1.82, 2.24) is 0 Å². The molecule has 1 aromatic rings. The van der Waals surface area contributed by atoms with Crippen molar-refractivity contribution in [1.29, 1.82) is 0 Å². The lowest BCUT2D eigenvalue weighted by Gasteiger charge is -1.93. The second-order valence-electron chi connectivity index (χ2n) is 1.60. The zero-order valence-electron chi connectivity index (χ0n) is 8.44. The van der Waals surface area contributed by atoms with Crippen LogP contribution in [0, 0.1) is 0 Å². The normalized spacial score (nSPS) is 7.54. The highest BCUT2D eigenvalue weighted by Crippen LogP contribution is 2.24. The highest BCUT2D eigenvalue weighted by molar-refractivity contribution is 6.42. The summed E-state index contributed by atoms with van der Waals surface area (Å²) in [5, 5.41) is 9.62. The molecule has 3 heteroatoms. The van der Waals surface area contributed by atoms with Crippen molar-refractivity contribution in [2.24, 2.45) is 0 Å². The summed E-state index contributed by atoms with van der Waals surface area (Å²) < 4.78 is 0. The lowest BCUT2D eigenvalue weighted by atomic mass is 10.3. The van der Waals surface area contributed by atoms with E-state index in [0.717, 1.165) is 0 Å². The minimum absolute atomic E-state index is 0.129. The number of halogens is 2. The molecule has 0 radical (unpaired) electrons. The first kappa shape index (κ1) is 15.1. The minimum atomic E-state index is 0.129. The first-order chi connectivity index (χ1) is 6.20. The van der Waals surface area contributed by atoms with E-state index in [1.54, 1.807) is 6.07 Å². The number of benzene rings is 1. The van der Waals surface area contributed by atoms with Gasteiger partial charge in [-0.1, -0.05) is 50.9 Å². The van der Waals surface area contributed by atoms with Crippen LogP contribution in [0.2, 0.25) is 10.0 Å². The summed E-state index contributed by atoms with van der Waals surface area (Å²) in [7, 11) is 0. The Kier molecular flexibility index (Phi) is 11.2. The Labute approximate surface area is 90.3 Å². The highest BCUT2D eigenvalue weighted by atomic mass is 35.5. The van der Waals surface area contributed by atoms with Crippen LogP contribution in [0.15, 0.2) is 18.2 Å². The van der Waals surface area contributed by atoms with Crippen molar-refractivity contribution in [3.05, 3.63) is 28.2 Å². The average Bonchev–Trinajstić information content (AvgIpc) is 2.18. The Hall–Kier alpha value is -0.400. The molecule has 0 spiro atoms. The summed E-state index contributed by atoms with van der Waals surface area (Å²) >= 11 is 11.1. The van der Waals surface area contributed by atoms with E-state index < -0.39 is 0 Å². The first-order valence-corrected chi connectivity index (χ1v) is 5.10. The zero-order valence-corrected chi connectivity index (χ0v) is 9.95. The van der Waals surface area contributed by atoms with Crippen LogP contribution < -0.4 is 0 Å². The molecular weight excluding hydrogens is 207 g/mol. The number of phenolic OH excluding ortho intramolecular Hbond substituents is 1. The smallest absolute Gasteiger partial charge is 0.117 e. The van der Waals surface area contributed by atoms with Gasteiger partial charge in [-0.05, 0) is 18.2 Å². The summed E-state index contributed by atoms with van der Waals surface area (Å²) in [4.78, 5) is 0. The molecule has 1 nitrogen and oxygen atoms in total. The fourth-order valence-electron chi connectivity index (χ4n) is 0.485. The Balaban J connectivity index is 0. The van der Waals surface area contributed by atoms with E-state index in [1.807, 2.05) is 27.7 Å². The second-order valence-corrected chi connectivity index (χ2v) is 2.41. The van der Waals surface area contributed by atoms with Crippen molar-refractivity contribution in [2.45, 2.75) is 27.7 Å². The van der Waals surface area contributed by atoms with E-state index >= 15 is 0 Å². The third-order valence-corrected chi connectivity index (χ3v) is 1.64. The molecular formula is C10H16Cl2O. The lowest BCUT2D eigenvalue weighted by molar-refractivity contribution is 0.475. The number of rotatable bonds is 0. The number of aromatic hydroxyl groups is 1. The van der Waals surface area contributed by atoms with Gasteiger partial charge in [-0.3, -0.25) is 0 Å². The molecule has 0 amide bonds. The Bertz CT molecular complexity index is 224. The summed E-state index contributed by atoms with van der Waals surface area (Å²) in [6, 6.07) is 4.41. The summed E-state index contributed by atoms with van der Waals surface area (Å²) in [5.74, 6) is 0.129. The molecule has 0 aromatic heterocycles. The Morgan fingerprint density at radius 1 is 0.923 bits per heavy atom. The summed E-state index contributed by atoms with van der Waals surface area (Å²) in [6.07, 6.45) is 0. The molecule has 0 saturated carbocycles. The fraction of sp³-hybridized carbons (Fsp3) is 0.400. The molecule has 0 unspecified atom stereocenters. The highest BCUT2D eigenvalue weighted by Gasteiger charge is 1.95. The van der Waals surface area contributed by atoms with Crippen LogP contribution in [0.25, 0.3) is 0 Å². The topological polar surface area (TPSA) is 20.2 Å². The van der Waals surface area contributed by atoms with Crippen molar-refractivity contribution < 1.29 is 5.11 Å². The molecule has 0 aliphatic rings. The SMILES string of the molecule is CC.CC.Oc1ccc(Cl)c(Cl)c1. The predicted molar refractivity (Wildman–Crippen MR) is 60.8 cm³/mol. The maximum atomic E-state index is 8.79. The van der Waals surface area contributed by atoms with Crippen LogP contribution in [0.5, 0.6) is 5.75 Å². The maximum Gasteiger partial charge on any atom is 0.117 e. The molecule has 13 heavy (non-hydrogen) atoms. The molecule has 1 N–H and O–H groups in total. The van der Waals surface area contributed by atoms with E-state index in [0.29, 0.717) is 10.0 Å². The third-order valence-electron chi connectivity index (χ3n) is 0.903. The third kappa shape index (κ3) is 6.73. The van der Waals surface area contributed by atoms with Crippen molar-refractivity contribution in [2.75, 3.05) is 0 Å². The van der Waals surface area contributed by atoms with Gasteiger partial charge in [0, 0.05) is 0 Å². The largest absolute Gasteiger partial charge is 0.508 e. The van der Waals surface area contributed by atoms with Gasteiger partial charge < -0.3 is 5.11 Å². The van der Waals surface area contributed by atoms with Crippen LogP contribution >= 0.6 is 23.2 Å². The van der Waals surface area contributed by atoms with Gasteiger partial charge in [-0.15, -0.1) is 0 Å². The van der Waals surface area contributed by atoms with Crippen LogP contribution in [0.1, 0.15) is 27.7 Å². The van der Waals surface area contributed by atoms with Gasteiger partial charge in [-0.25, -0.2) is 0 Å². The van der Waals surface area contributed by atoms with E-state index in [1.165, 1.54) is 12.1 Å². The molecule has 0 fully saturated rings.